The highest BCUT2D eigenvalue weighted by Crippen LogP contribution is 2.29. The smallest absolute Gasteiger partial charge is 0.270 e. The van der Waals surface area contributed by atoms with Crippen LogP contribution in [0.3, 0.4) is 0 Å². The fourth-order valence-electron chi connectivity index (χ4n) is 2.05. The third-order valence-corrected chi connectivity index (χ3v) is 6.52. The molecule has 5 nitrogen and oxygen atoms in total. The summed E-state index contributed by atoms with van der Waals surface area (Å²) in [5.74, 6) is -0.178. The fraction of sp³-hybridized carbons (Fsp3) is 0.583. The molecule has 1 aliphatic heterocycles. The summed E-state index contributed by atoms with van der Waals surface area (Å²) in [6.07, 6.45) is 1.71. The maximum absolute atomic E-state index is 12.1. The summed E-state index contributed by atoms with van der Waals surface area (Å²) in [7, 11) is 1.58. The molecule has 1 amide bonds. The van der Waals surface area contributed by atoms with Gasteiger partial charge in [0.2, 0.25) is 5.91 Å². The van der Waals surface area contributed by atoms with Crippen molar-refractivity contribution in [1.29, 1.82) is 0 Å². The van der Waals surface area contributed by atoms with Gasteiger partial charge in [-0.15, -0.1) is 11.3 Å². The van der Waals surface area contributed by atoms with Gasteiger partial charge in [-0.1, -0.05) is 0 Å². The Labute approximate surface area is 126 Å². The third-order valence-electron chi connectivity index (χ3n) is 3.16. The van der Waals surface area contributed by atoms with Gasteiger partial charge in [0.25, 0.3) is 9.05 Å². The molecular weight excluding hydrogens is 322 g/mol. The quantitative estimate of drug-likeness (QED) is 0.855. The fourth-order valence-corrected chi connectivity index (χ4v) is 4.14. The second-order valence-corrected chi connectivity index (χ2v) is 8.65. The Bertz CT molecular complexity index is 578. The van der Waals surface area contributed by atoms with E-state index in [-0.39, 0.29) is 22.1 Å². The van der Waals surface area contributed by atoms with Gasteiger partial charge in [-0.05, 0) is 31.9 Å². The number of carbonyl (C=O) groups is 1. The van der Waals surface area contributed by atoms with E-state index in [1.807, 2.05) is 6.92 Å². The lowest BCUT2D eigenvalue weighted by atomic mass is 10.0. The summed E-state index contributed by atoms with van der Waals surface area (Å²) in [6, 6.07) is 2.87. The van der Waals surface area contributed by atoms with Crippen LogP contribution in [0.4, 0.5) is 0 Å². The van der Waals surface area contributed by atoms with E-state index in [0.717, 1.165) is 29.1 Å². The maximum atomic E-state index is 12.1. The number of hydrogen-bond donors (Lipinski definition) is 1. The van der Waals surface area contributed by atoms with Gasteiger partial charge in [0.15, 0.2) is 0 Å². The number of halogens is 1. The monoisotopic (exact) mass is 337 g/mol. The van der Waals surface area contributed by atoms with E-state index in [2.05, 4.69) is 5.32 Å². The first-order chi connectivity index (χ1) is 9.38. The molecule has 1 N–H and O–H groups in total. The van der Waals surface area contributed by atoms with Gasteiger partial charge < -0.3 is 10.1 Å². The van der Waals surface area contributed by atoms with Crippen molar-refractivity contribution < 1.29 is 17.9 Å². The van der Waals surface area contributed by atoms with Crippen LogP contribution in [0, 0.1) is 5.92 Å². The standard InChI is InChI=1S/C12H16ClNO4S2/c1-8(10-4-5-11(19-10)20(13,16)17)14-12(15)9-3-2-6-18-7-9/h4-5,8-9H,2-3,6-7H2,1H3,(H,14,15). The van der Waals surface area contributed by atoms with Gasteiger partial charge in [0, 0.05) is 22.2 Å². The molecule has 1 saturated heterocycles. The van der Waals surface area contributed by atoms with Crippen LogP contribution in [-0.2, 0) is 18.6 Å². The molecule has 0 bridgehead atoms. The summed E-state index contributed by atoms with van der Waals surface area (Å²) in [5.41, 5.74) is 0. The van der Waals surface area contributed by atoms with Gasteiger partial charge >= 0.3 is 0 Å². The molecule has 0 spiro atoms. The molecule has 2 heterocycles. The summed E-state index contributed by atoms with van der Waals surface area (Å²) in [4.78, 5) is 12.8. The van der Waals surface area contributed by atoms with Crippen molar-refractivity contribution in [2.75, 3.05) is 13.2 Å². The van der Waals surface area contributed by atoms with Crippen LogP contribution >= 0.6 is 22.0 Å². The van der Waals surface area contributed by atoms with Crippen molar-refractivity contribution in [2.24, 2.45) is 5.92 Å². The number of hydrogen-bond acceptors (Lipinski definition) is 5. The van der Waals surface area contributed by atoms with E-state index in [1.54, 1.807) is 6.07 Å². The SMILES string of the molecule is CC(NC(=O)C1CCCOC1)c1ccc(S(=O)(=O)Cl)s1. The molecule has 0 radical (unpaired) electrons. The Balaban J connectivity index is 1.99. The van der Waals surface area contributed by atoms with E-state index < -0.39 is 9.05 Å². The topological polar surface area (TPSA) is 72.5 Å². The minimum Gasteiger partial charge on any atom is -0.381 e. The zero-order valence-corrected chi connectivity index (χ0v) is 13.4. The van der Waals surface area contributed by atoms with Gasteiger partial charge in [0.1, 0.15) is 4.21 Å². The minimum absolute atomic E-state index is 0.0547. The van der Waals surface area contributed by atoms with E-state index >= 15 is 0 Å². The van der Waals surface area contributed by atoms with Gasteiger partial charge in [-0.3, -0.25) is 4.79 Å². The van der Waals surface area contributed by atoms with Crippen LogP contribution in [0.1, 0.15) is 30.7 Å². The highest BCUT2D eigenvalue weighted by atomic mass is 35.7. The Kier molecular flexibility index (Phi) is 5.06. The molecule has 2 atom stereocenters. The number of thiophene rings is 1. The Morgan fingerprint density at radius 3 is 2.85 bits per heavy atom. The number of ether oxygens (including phenoxy) is 1. The van der Waals surface area contributed by atoms with Crippen molar-refractivity contribution in [3.8, 4) is 0 Å². The summed E-state index contributed by atoms with van der Waals surface area (Å²) < 4.78 is 27.8. The first-order valence-electron chi connectivity index (χ1n) is 6.30. The van der Waals surface area contributed by atoms with Crippen LogP contribution < -0.4 is 5.32 Å². The zero-order chi connectivity index (χ0) is 14.8. The first kappa shape index (κ1) is 15.8. The van der Waals surface area contributed by atoms with Gasteiger partial charge in [-0.25, -0.2) is 8.42 Å². The second-order valence-electron chi connectivity index (χ2n) is 4.74. The average Bonchev–Trinajstić information content (AvgIpc) is 2.89. The van der Waals surface area contributed by atoms with Gasteiger partial charge in [0.05, 0.1) is 18.6 Å². The molecule has 2 unspecified atom stereocenters. The predicted octanol–water partition coefficient (Wildman–Crippen LogP) is 2.28. The lowest BCUT2D eigenvalue weighted by molar-refractivity contribution is -0.129. The lowest BCUT2D eigenvalue weighted by Crippen LogP contribution is -2.36. The number of nitrogens with one attached hydrogen (secondary N) is 1. The van der Waals surface area contributed by atoms with Crippen molar-refractivity contribution in [1.82, 2.24) is 5.32 Å². The third kappa shape index (κ3) is 3.94. The molecule has 0 aromatic carbocycles. The normalized spacial score (nSPS) is 21.4. The molecule has 0 aliphatic carbocycles. The van der Waals surface area contributed by atoms with E-state index in [1.165, 1.54) is 6.07 Å². The highest BCUT2D eigenvalue weighted by Gasteiger charge is 2.24. The Morgan fingerprint density at radius 1 is 1.55 bits per heavy atom. The minimum atomic E-state index is -3.71. The first-order valence-corrected chi connectivity index (χ1v) is 9.43. The average molecular weight is 338 g/mol. The summed E-state index contributed by atoms with van der Waals surface area (Å²) in [6.45, 7) is 2.98. The molecule has 1 fully saturated rings. The van der Waals surface area contributed by atoms with Crippen LogP contribution in [0.2, 0.25) is 0 Å². The number of rotatable bonds is 4. The van der Waals surface area contributed by atoms with Crippen LogP contribution in [0.5, 0.6) is 0 Å². The van der Waals surface area contributed by atoms with Crippen LogP contribution in [-0.4, -0.2) is 27.5 Å². The second kappa shape index (κ2) is 6.43. The number of carbonyl (C=O) groups excluding carboxylic acids is 1. The van der Waals surface area contributed by atoms with Gasteiger partial charge in [-0.2, -0.15) is 0 Å². The Morgan fingerprint density at radius 2 is 2.30 bits per heavy atom. The Hall–Kier alpha value is -0.630. The van der Waals surface area contributed by atoms with Crippen molar-refractivity contribution in [3.05, 3.63) is 17.0 Å². The number of amides is 1. The predicted molar refractivity (Wildman–Crippen MR) is 77.5 cm³/mol. The molecule has 1 aromatic rings. The lowest BCUT2D eigenvalue weighted by Gasteiger charge is -2.23. The maximum Gasteiger partial charge on any atom is 0.270 e. The molecule has 1 aromatic heterocycles. The molecule has 1 aliphatic rings. The molecule has 8 heteroatoms. The van der Waals surface area contributed by atoms with E-state index in [4.69, 9.17) is 15.4 Å². The summed E-state index contributed by atoms with van der Waals surface area (Å²) >= 11 is 1.07. The van der Waals surface area contributed by atoms with Crippen LogP contribution in [0.15, 0.2) is 16.3 Å². The van der Waals surface area contributed by atoms with Crippen molar-refractivity contribution in [2.45, 2.75) is 30.0 Å². The molecule has 0 saturated carbocycles. The highest BCUT2D eigenvalue weighted by molar-refractivity contribution is 8.15. The molecule has 112 valence electrons. The zero-order valence-electron chi connectivity index (χ0n) is 11.0. The van der Waals surface area contributed by atoms with Crippen molar-refractivity contribution >= 4 is 37.0 Å². The largest absolute Gasteiger partial charge is 0.381 e. The molecular formula is C12H16ClNO4S2. The van der Waals surface area contributed by atoms with Crippen molar-refractivity contribution in [3.63, 3.8) is 0 Å². The molecule has 2 rings (SSSR count). The van der Waals surface area contributed by atoms with E-state index in [0.29, 0.717) is 13.2 Å². The van der Waals surface area contributed by atoms with E-state index in [9.17, 15) is 13.2 Å². The summed E-state index contributed by atoms with van der Waals surface area (Å²) in [5, 5.41) is 2.88. The van der Waals surface area contributed by atoms with Crippen LogP contribution in [0.25, 0.3) is 0 Å². The molecule has 20 heavy (non-hydrogen) atoms.